The largest absolute Gasteiger partial charge is 0.493 e. The Bertz CT molecular complexity index is 984. The number of fused-ring (bicyclic) bond motifs is 4. The number of benzene rings is 2. The van der Waals surface area contributed by atoms with Gasteiger partial charge in [0.25, 0.3) is 0 Å². The van der Waals surface area contributed by atoms with Crippen LogP contribution in [-0.4, -0.2) is 43.3 Å². The molecule has 164 valence electrons. The molecular weight excluding hydrogens is 395 g/mol. The van der Waals surface area contributed by atoms with Gasteiger partial charge in [0.2, 0.25) is 0 Å². The Morgan fingerprint density at radius 2 is 1.94 bits per heavy atom. The van der Waals surface area contributed by atoms with Gasteiger partial charge in [0, 0.05) is 17.5 Å². The smallest absolute Gasteiger partial charge is 0.407 e. The molecule has 3 saturated heterocycles. The number of halogens is 1. The number of carbonyl (C=O) groups excluding carboxylic acids is 1. The van der Waals surface area contributed by atoms with E-state index in [1.54, 1.807) is 6.07 Å². The zero-order chi connectivity index (χ0) is 21.6. The highest BCUT2D eigenvalue weighted by Crippen LogP contribution is 2.44. The van der Waals surface area contributed by atoms with E-state index in [0.717, 1.165) is 54.9 Å². The molecule has 1 unspecified atom stereocenters. The molecule has 6 heteroatoms. The first-order chi connectivity index (χ1) is 14.9. The van der Waals surface area contributed by atoms with Gasteiger partial charge in [0.15, 0.2) is 0 Å². The van der Waals surface area contributed by atoms with Crippen LogP contribution in [0, 0.1) is 17.2 Å². The Morgan fingerprint density at radius 3 is 2.65 bits per heavy atom. The predicted molar refractivity (Wildman–Crippen MR) is 116 cm³/mol. The summed E-state index contributed by atoms with van der Waals surface area (Å²) in [5.74, 6) is 0.931. The van der Waals surface area contributed by atoms with E-state index in [-0.39, 0.29) is 29.5 Å². The first kappa shape index (κ1) is 20.3. The van der Waals surface area contributed by atoms with Crippen LogP contribution in [0.5, 0.6) is 5.75 Å². The molecule has 2 bridgehead atoms. The van der Waals surface area contributed by atoms with Crippen molar-refractivity contribution < 1.29 is 18.7 Å². The van der Waals surface area contributed by atoms with Gasteiger partial charge in [0.05, 0.1) is 12.6 Å². The second-order valence-corrected chi connectivity index (χ2v) is 9.70. The molecule has 4 heterocycles. The molecule has 3 fully saturated rings. The molecule has 31 heavy (non-hydrogen) atoms. The van der Waals surface area contributed by atoms with Crippen molar-refractivity contribution in [2.75, 3.05) is 26.2 Å². The molecule has 0 aromatic heterocycles. The fourth-order valence-corrected chi connectivity index (χ4v) is 5.13. The summed E-state index contributed by atoms with van der Waals surface area (Å²) in [7, 11) is 0. The number of amides is 1. The van der Waals surface area contributed by atoms with Gasteiger partial charge in [-0.3, -0.25) is 4.90 Å². The molecule has 2 aromatic carbocycles. The molecule has 4 aliphatic rings. The average molecular weight is 425 g/mol. The molecule has 1 N–H and O–H groups in total. The SMILES string of the molecule is CC1(C)COc2ccc(-c3cccc(F)c3)cc2C1NC(=O)O[C@@H]1CN2CCC1CC2. The molecule has 0 radical (unpaired) electrons. The highest BCUT2D eigenvalue weighted by molar-refractivity contribution is 5.70. The van der Waals surface area contributed by atoms with Gasteiger partial charge < -0.3 is 14.8 Å². The number of piperidine rings is 3. The summed E-state index contributed by atoms with van der Waals surface area (Å²) in [6.07, 6.45) is 1.78. The Labute approximate surface area is 182 Å². The highest BCUT2D eigenvalue weighted by atomic mass is 19.1. The van der Waals surface area contributed by atoms with Gasteiger partial charge in [-0.15, -0.1) is 0 Å². The Kier molecular flexibility index (Phi) is 5.13. The molecular formula is C25H29FN2O3. The second-order valence-electron chi connectivity index (χ2n) is 9.70. The van der Waals surface area contributed by atoms with Crippen LogP contribution in [0.15, 0.2) is 42.5 Å². The van der Waals surface area contributed by atoms with Gasteiger partial charge in [0.1, 0.15) is 17.7 Å². The summed E-state index contributed by atoms with van der Waals surface area (Å²) in [4.78, 5) is 15.3. The van der Waals surface area contributed by atoms with Crippen molar-refractivity contribution in [1.29, 1.82) is 0 Å². The lowest BCUT2D eigenvalue weighted by Crippen LogP contribution is -2.53. The summed E-state index contributed by atoms with van der Waals surface area (Å²) >= 11 is 0. The minimum absolute atomic E-state index is 0.0384. The van der Waals surface area contributed by atoms with Gasteiger partial charge in [-0.25, -0.2) is 9.18 Å². The molecule has 0 saturated carbocycles. The summed E-state index contributed by atoms with van der Waals surface area (Å²) in [5, 5.41) is 3.13. The molecule has 5 nitrogen and oxygen atoms in total. The number of carbonyl (C=O) groups is 1. The minimum atomic E-state index is -0.374. The first-order valence-corrected chi connectivity index (χ1v) is 11.1. The molecule has 0 aliphatic carbocycles. The van der Waals surface area contributed by atoms with Gasteiger partial charge >= 0.3 is 6.09 Å². The number of hydrogen-bond donors (Lipinski definition) is 1. The first-order valence-electron chi connectivity index (χ1n) is 11.1. The van der Waals surface area contributed by atoms with Crippen molar-refractivity contribution in [2.45, 2.75) is 38.8 Å². The number of ether oxygens (including phenoxy) is 2. The maximum absolute atomic E-state index is 13.7. The minimum Gasteiger partial charge on any atom is -0.493 e. The predicted octanol–water partition coefficient (Wildman–Crippen LogP) is 4.77. The number of rotatable bonds is 3. The van der Waals surface area contributed by atoms with E-state index < -0.39 is 0 Å². The molecule has 2 aromatic rings. The third-order valence-electron chi connectivity index (χ3n) is 6.98. The van der Waals surface area contributed by atoms with E-state index in [1.807, 2.05) is 24.3 Å². The third-order valence-corrected chi connectivity index (χ3v) is 6.98. The number of nitrogens with zero attached hydrogens (tertiary/aromatic N) is 1. The Balaban J connectivity index is 1.39. The fraction of sp³-hybridized carbons (Fsp3) is 0.480. The van der Waals surface area contributed by atoms with Crippen molar-refractivity contribution in [2.24, 2.45) is 11.3 Å². The van der Waals surface area contributed by atoms with E-state index in [4.69, 9.17) is 9.47 Å². The average Bonchev–Trinajstić information content (AvgIpc) is 2.76. The van der Waals surface area contributed by atoms with Crippen molar-refractivity contribution in [3.8, 4) is 16.9 Å². The molecule has 0 spiro atoms. The van der Waals surface area contributed by atoms with Crippen LogP contribution in [0.25, 0.3) is 11.1 Å². The zero-order valence-electron chi connectivity index (χ0n) is 18.1. The van der Waals surface area contributed by atoms with Crippen molar-refractivity contribution in [1.82, 2.24) is 10.2 Å². The molecule has 1 amide bonds. The van der Waals surface area contributed by atoms with Gasteiger partial charge in [-0.2, -0.15) is 0 Å². The highest BCUT2D eigenvalue weighted by Gasteiger charge is 2.41. The lowest BCUT2D eigenvalue weighted by atomic mass is 9.78. The van der Waals surface area contributed by atoms with E-state index in [9.17, 15) is 9.18 Å². The number of nitrogens with one attached hydrogen (secondary N) is 1. The lowest BCUT2D eigenvalue weighted by Gasteiger charge is -2.44. The second kappa shape index (κ2) is 7.83. The Morgan fingerprint density at radius 1 is 1.16 bits per heavy atom. The summed E-state index contributed by atoms with van der Waals surface area (Å²) in [5.41, 5.74) is 2.25. The van der Waals surface area contributed by atoms with Crippen molar-refractivity contribution in [3.05, 3.63) is 53.8 Å². The fourth-order valence-electron chi connectivity index (χ4n) is 5.13. The van der Waals surface area contributed by atoms with Crippen molar-refractivity contribution >= 4 is 6.09 Å². The van der Waals surface area contributed by atoms with Crippen molar-refractivity contribution in [3.63, 3.8) is 0 Å². The molecule has 6 rings (SSSR count). The normalized spacial score (nSPS) is 28.4. The van der Waals surface area contributed by atoms with Crippen LogP contribution in [0.2, 0.25) is 0 Å². The van der Waals surface area contributed by atoms with Crippen LogP contribution in [0.1, 0.15) is 38.3 Å². The third kappa shape index (κ3) is 4.01. The van der Waals surface area contributed by atoms with Crippen LogP contribution in [0.3, 0.4) is 0 Å². The topological polar surface area (TPSA) is 50.8 Å². The monoisotopic (exact) mass is 424 g/mol. The standard InChI is InChI=1S/C25H29FN2O3/c1-25(2)15-30-21-7-6-18(17-4-3-5-19(26)12-17)13-20(21)23(25)27-24(29)31-22-14-28-10-8-16(22)9-11-28/h3-7,12-13,16,22-23H,8-11,14-15H2,1-2H3,(H,27,29)/t22-,23?/m1/s1. The van der Waals surface area contributed by atoms with E-state index in [2.05, 4.69) is 24.1 Å². The number of hydrogen-bond acceptors (Lipinski definition) is 4. The quantitative estimate of drug-likeness (QED) is 0.771. The molecule has 2 atom stereocenters. The van der Waals surface area contributed by atoms with E-state index >= 15 is 0 Å². The van der Waals surface area contributed by atoms with E-state index in [0.29, 0.717) is 12.5 Å². The van der Waals surface area contributed by atoms with Crippen LogP contribution >= 0.6 is 0 Å². The van der Waals surface area contributed by atoms with Gasteiger partial charge in [-0.1, -0.05) is 32.0 Å². The van der Waals surface area contributed by atoms with Crippen LogP contribution in [0.4, 0.5) is 9.18 Å². The van der Waals surface area contributed by atoms with E-state index in [1.165, 1.54) is 12.1 Å². The Hall–Kier alpha value is -2.60. The maximum atomic E-state index is 13.7. The summed E-state index contributed by atoms with van der Waals surface area (Å²) < 4.78 is 25.6. The lowest BCUT2D eigenvalue weighted by molar-refractivity contribution is -0.0361. The number of alkyl carbamates (subject to hydrolysis) is 1. The maximum Gasteiger partial charge on any atom is 0.407 e. The summed E-state index contributed by atoms with van der Waals surface area (Å²) in [6, 6.07) is 12.1. The summed E-state index contributed by atoms with van der Waals surface area (Å²) in [6.45, 7) is 7.68. The zero-order valence-corrected chi connectivity index (χ0v) is 18.1. The van der Waals surface area contributed by atoms with Crippen LogP contribution < -0.4 is 10.1 Å². The van der Waals surface area contributed by atoms with Gasteiger partial charge in [-0.05, 0) is 67.2 Å². The van der Waals surface area contributed by atoms with Crippen LogP contribution in [-0.2, 0) is 4.74 Å². The molecule has 4 aliphatic heterocycles.